The van der Waals surface area contributed by atoms with Gasteiger partial charge in [-0.25, -0.2) is 4.79 Å². The Kier molecular flexibility index (Phi) is 4.69. The number of nitrogens with one attached hydrogen (secondary N) is 1. The van der Waals surface area contributed by atoms with Crippen LogP contribution in [0, 0.1) is 0 Å². The van der Waals surface area contributed by atoms with Crippen LogP contribution in [-0.2, 0) is 9.47 Å². The SMILES string of the molecule is COCCOC(=O)N[C@@H]1CCN(C)C1. The van der Waals surface area contributed by atoms with Crippen LogP contribution in [0.2, 0.25) is 0 Å². The average Bonchev–Trinajstić information content (AvgIpc) is 2.52. The summed E-state index contributed by atoms with van der Waals surface area (Å²) in [6.45, 7) is 2.69. The minimum atomic E-state index is -0.345. The number of likely N-dealkylation sites (tertiary alicyclic amines) is 1. The highest BCUT2D eigenvalue weighted by Crippen LogP contribution is 2.05. The zero-order valence-electron chi connectivity index (χ0n) is 8.78. The number of methoxy groups -OCH3 is 1. The summed E-state index contributed by atoms with van der Waals surface area (Å²) in [6.07, 6.45) is 0.651. The highest BCUT2D eigenvalue weighted by molar-refractivity contribution is 5.67. The van der Waals surface area contributed by atoms with Gasteiger partial charge in [0.1, 0.15) is 6.61 Å². The van der Waals surface area contributed by atoms with Gasteiger partial charge in [0.25, 0.3) is 0 Å². The van der Waals surface area contributed by atoms with Crippen LogP contribution in [0.1, 0.15) is 6.42 Å². The van der Waals surface area contributed by atoms with Crippen molar-refractivity contribution in [1.82, 2.24) is 10.2 Å². The fourth-order valence-corrected chi connectivity index (χ4v) is 1.48. The van der Waals surface area contributed by atoms with Crippen molar-refractivity contribution in [3.05, 3.63) is 0 Å². The number of ether oxygens (including phenoxy) is 2. The fourth-order valence-electron chi connectivity index (χ4n) is 1.48. The molecule has 1 aliphatic rings. The van der Waals surface area contributed by atoms with Crippen LogP contribution in [-0.4, -0.2) is 57.5 Å². The molecule has 0 spiro atoms. The number of carbonyl (C=O) groups is 1. The summed E-state index contributed by atoms with van der Waals surface area (Å²) in [4.78, 5) is 13.4. The highest BCUT2D eigenvalue weighted by atomic mass is 16.6. The van der Waals surface area contributed by atoms with E-state index in [2.05, 4.69) is 10.2 Å². The van der Waals surface area contributed by atoms with Gasteiger partial charge in [0.05, 0.1) is 6.61 Å². The lowest BCUT2D eigenvalue weighted by Crippen LogP contribution is -2.37. The molecule has 0 radical (unpaired) electrons. The van der Waals surface area contributed by atoms with E-state index in [9.17, 15) is 4.79 Å². The summed E-state index contributed by atoms with van der Waals surface area (Å²) < 4.78 is 9.65. The Hall–Kier alpha value is -0.810. The molecule has 82 valence electrons. The van der Waals surface area contributed by atoms with Crippen LogP contribution < -0.4 is 5.32 Å². The van der Waals surface area contributed by atoms with Gasteiger partial charge < -0.3 is 19.7 Å². The minimum absolute atomic E-state index is 0.232. The molecule has 14 heavy (non-hydrogen) atoms. The number of alkyl carbamates (subject to hydrolysis) is 1. The van der Waals surface area contributed by atoms with Crippen molar-refractivity contribution in [3.63, 3.8) is 0 Å². The van der Waals surface area contributed by atoms with Crippen molar-refractivity contribution in [2.75, 3.05) is 40.5 Å². The van der Waals surface area contributed by atoms with E-state index < -0.39 is 0 Å². The third-order valence-corrected chi connectivity index (χ3v) is 2.23. The molecule has 0 aromatic rings. The Bertz CT molecular complexity index is 187. The normalized spacial score (nSPS) is 22.3. The van der Waals surface area contributed by atoms with Gasteiger partial charge in [-0.2, -0.15) is 0 Å². The predicted octanol–water partition coefficient (Wildman–Crippen LogP) is 0.0631. The second-order valence-electron chi connectivity index (χ2n) is 3.52. The molecule has 5 nitrogen and oxygen atoms in total. The van der Waals surface area contributed by atoms with Gasteiger partial charge in [-0.15, -0.1) is 0 Å². The molecule has 1 aliphatic heterocycles. The molecule has 1 fully saturated rings. The molecule has 1 N–H and O–H groups in total. The lowest BCUT2D eigenvalue weighted by Gasteiger charge is -2.12. The Labute approximate surface area is 84.4 Å². The molecule has 1 saturated heterocycles. The Balaban J connectivity index is 2.08. The monoisotopic (exact) mass is 202 g/mol. The Morgan fingerprint density at radius 1 is 1.57 bits per heavy atom. The zero-order valence-corrected chi connectivity index (χ0v) is 8.78. The zero-order chi connectivity index (χ0) is 10.4. The first-order chi connectivity index (χ1) is 6.72. The Morgan fingerprint density at radius 2 is 2.36 bits per heavy atom. The lowest BCUT2D eigenvalue weighted by molar-refractivity contribution is 0.0966. The molecule has 0 unspecified atom stereocenters. The number of amides is 1. The standard InChI is InChI=1S/C9H18N2O3/c1-11-4-3-8(7-11)10-9(12)14-6-5-13-2/h8H,3-7H2,1-2H3,(H,10,12)/t8-/m1/s1. The highest BCUT2D eigenvalue weighted by Gasteiger charge is 2.21. The maximum Gasteiger partial charge on any atom is 0.407 e. The summed E-state index contributed by atoms with van der Waals surface area (Å²) >= 11 is 0. The van der Waals surface area contributed by atoms with Gasteiger partial charge in [0, 0.05) is 19.7 Å². The molecule has 0 aromatic heterocycles. The molecule has 0 saturated carbocycles. The van der Waals surface area contributed by atoms with E-state index in [0.717, 1.165) is 19.5 Å². The van der Waals surface area contributed by atoms with Gasteiger partial charge in [0.15, 0.2) is 0 Å². The summed E-state index contributed by atoms with van der Waals surface area (Å²) in [5.41, 5.74) is 0. The van der Waals surface area contributed by atoms with Crippen molar-refractivity contribution in [1.29, 1.82) is 0 Å². The predicted molar refractivity (Wildman–Crippen MR) is 52.3 cm³/mol. The topological polar surface area (TPSA) is 50.8 Å². The first-order valence-corrected chi connectivity index (χ1v) is 4.83. The van der Waals surface area contributed by atoms with E-state index in [4.69, 9.17) is 9.47 Å². The minimum Gasteiger partial charge on any atom is -0.447 e. The fraction of sp³-hybridized carbons (Fsp3) is 0.889. The van der Waals surface area contributed by atoms with Crippen molar-refractivity contribution < 1.29 is 14.3 Å². The van der Waals surface area contributed by atoms with Crippen LogP contribution in [0.5, 0.6) is 0 Å². The molecule has 5 heteroatoms. The second kappa shape index (κ2) is 5.82. The first-order valence-electron chi connectivity index (χ1n) is 4.83. The largest absolute Gasteiger partial charge is 0.447 e. The molecule has 0 bridgehead atoms. The van der Waals surface area contributed by atoms with Crippen molar-refractivity contribution >= 4 is 6.09 Å². The van der Waals surface area contributed by atoms with Crippen LogP contribution in [0.4, 0.5) is 4.79 Å². The maximum atomic E-state index is 11.2. The summed E-state index contributed by atoms with van der Waals surface area (Å²) in [7, 11) is 3.62. The van der Waals surface area contributed by atoms with Gasteiger partial charge in [-0.3, -0.25) is 0 Å². The lowest BCUT2D eigenvalue weighted by atomic mass is 10.3. The first kappa shape index (κ1) is 11.3. The van der Waals surface area contributed by atoms with E-state index >= 15 is 0 Å². The van der Waals surface area contributed by atoms with Gasteiger partial charge >= 0.3 is 6.09 Å². The summed E-state index contributed by atoms with van der Waals surface area (Å²) in [5.74, 6) is 0. The summed E-state index contributed by atoms with van der Waals surface area (Å²) in [5, 5.41) is 2.81. The van der Waals surface area contributed by atoms with Crippen molar-refractivity contribution in [3.8, 4) is 0 Å². The number of likely N-dealkylation sites (N-methyl/N-ethyl adjacent to an activating group) is 1. The Morgan fingerprint density at radius 3 is 2.93 bits per heavy atom. The van der Waals surface area contributed by atoms with Crippen molar-refractivity contribution in [2.24, 2.45) is 0 Å². The summed E-state index contributed by atoms with van der Waals surface area (Å²) in [6, 6.07) is 0.232. The molecular formula is C9H18N2O3. The molecule has 0 aliphatic carbocycles. The molecule has 1 atom stereocenters. The van der Waals surface area contributed by atoms with Crippen LogP contribution in [0.25, 0.3) is 0 Å². The van der Waals surface area contributed by atoms with E-state index in [-0.39, 0.29) is 12.1 Å². The van der Waals surface area contributed by atoms with E-state index in [0.29, 0.717) is 13.2 Å². The number of carbonyl (C=O) groups excluding carboxylic acids is 1. The van der Waals surface area contributed by atoms with Gasteiger partial charge in [0.2, 0.25) is 0 Å². The quantitative estimate of drug-likeness (QED) is 0.655. The molecule has 0 aromatic carbocycles. The second-order valence-corrected chi connectivity index (χ2v) is 3.52. The van der Waals surface area contributed by atoms with E-state index in [1.165, 1.54) is 0 Å². The van der Waals surface area contributed by atoms with Crippen LogP contribution >= 0.6 is 0 Å². The number of nitrogens with zero attached hydrogens (tertiary/aromatic N) is 1. The van der Waals surface area contributed by atoms with Gasteiger partial charge in [-0.1, -0.05) is 0 Å². The van der Waals surface area contributed by atoms with E-state index in [1.54, 1.807) is 7.11 Å². The third-order valence-electron chi connectivity index (χ3n) is 2.23. The van der Waals surface area contributed by atoms with Crippen LogP contribution in [0.3, 0.4) is 0 Å². The smallest absolute Gasteiger partial charge is 0.407 e. The van der Waals surface area contributed by atoms with Gasteiger partial charge in [-0.05, 0) is 20.0 Å². The number of rotatable bonds is 4. The molecule has 1 heterocycles. The van der Waals surface area contributed by atoms with Crippen molar-refractivity contribution in [2.45, 2.75) is 12.5 Å². The third kappa shape index (κ3) is 3.93. The molecule has 1 amide bonds. The average molecular weight is 202 g/mol. The number of hydrogen-bond acceptors (Lipinski definition) is 4. The molecular weight excluding hydrogens is 184 g/mol. The van der Waals surface area contributed by atoms with Crippen LogP contribution in [0.15, 0.2) is 0 Å². The molecule has 1 rings (SSSR count). The number of hydrogen-bond donors (Lipinski definition) is 1. The maximum absolute atomic E-state index is 11.2. The van der Waals surface area contributed by atoms with E-state index in [1.807, 2.05) is 7.05 Å².